The Kier molecular flexibility index (Phi) is 68.1. The minimum absolute atomic E-state index is 0.141. The summed E-state index contributed by atoms with van der Waals surface area (Å²) in [7, 11) is 0. The second-order valence-corrected chi connectivity index (χ2v) is 27.5. The summed E-state index contributed by atoms with van der Waals surface area (Å²) in [5, 5.41) is 55.1. The van der Waals surface area contributed by atoms with Gasteiger partial charge < -0.3 is 40.3 Å². The van der Waals surface area contributed by atoms with E-state index in [0.29, 0.717) is 12.8 Å². The van der Waals surface area contributed by atoms with Crippen LogP contribution in [0.25, 0.3) is 0 Å². The normalized spacial score (nSPS) is 18.1. The first-order valence-corrected chi connectivity index (χ1v) is 39.9. The average Bonchev–Trinajstić information content (AvgIpc) is 1.01. The van der Waals surface area contributed by atoms with Gasteiger partial charge >= 0.3 is 0 Å². The minimum Gasteiger partial charge on any atom is -0.394 e. The molecule has 1 amide bonds. The average molecular weight is 1300 g/mol. The van der Waals surface area contributed by atoms with Crippen LogP contribution in [0.4, 0.5) is 0 Å². The van der Waals surface area contributed by atoms with Crippen molar-refractivity contribution in [2.75, 3.05) is 13.2 Å². The van der Waals surface area contributed by atoms with E-state index in [-0.39, 0.29) is 12.5 Å². The molecule has 9 heteroatoms. The van der Waals surface area contributed by atoms with Crippen molar-refractivity contribution in [3.05, 3.63) is 97.2 Å². The molecule has 1 aliphatic heterocycles. The van der Waals surface area contributed by atoms with Crippen LogP contribution in [0, 0.1) is 0 Å². The Bertz CT molecular complexity index is 1800. The van der Waals surface area contributed by atoms with Gasteiger partial charge in [0.2, 0.25) is 5.91 Å². The molecule has 540 valence electrons. The summed E-state index contributed by atoms with van der Waals surface area (Å²) in [6, 6.07) is -0.728. The fourth-order valence-corrected chi connectivity index (χ4v) is 12.5. The first-order valence-electron chi connectivity index (χ1n) is 39.9. The Morgan fingerprint density at radius 1 is 0.376 bits per heavy atom. The third-order valence-corrected chi connectivity index (χ3v) is 18.7. The van der Waals surface area contributed by atoms with Gasteiger partial charge in [0, 0.05) is 6.42 Å². The molecule has 0 aromatic rings. The first-order chi connectivity index (χ1) is 45.8. The Labute approximate surface area is 574 Å². The number of amides is 1. The molecule has 9 nitrogen and oxygen atoms in total. The molecule has 1 fully saturated rings. The lowest BCUT2D eigenvalue weighted by molar-refractivity contribution is -0.302. The number of carbonyl (C=O) groups is 1. The SMILES string of the molecule is CC/C=C\C/C=C\C/C=C\C/C=C\C/C=C\C/C=C\C/C=C\C/C=C\CCCCCCCCCCCCCCC(=O)NC(COC1OC(CO)C(O)C(O)C1O)C(O)CCCCCCCCCCCCCCCCCCCCCCCCCCCCCCCCCCC. The van der Waals surface area contributed by atoms with Crippen molar-refractivity contribution >= 4 is 5.91 Å². The quantitative estimate of drug-likeness (QED) is 0.0261. The Balaban J connectivity index is 2.08. The van der Waals surface area contributed by atoms with Gasteiger partial charge in [-0.1, -0.05) is 387 Å². The van der Waals surface area contributed by atoms with Gasteiger partial charge in [-0.3, -0.25) is 4.79 Å². The van der Waals surface area contributed by atoms with E-state index in [9.17, 15) is 30.3 Å². The van der Waals surface area contributed by atoms with E-state index in [1.165, 1.54) is 257 Å². The Hall–Kier alpha value is -2.89. The van der Waals surface area contributed by atoms with Gasteiger partial charge in [-0.15, -0.1) is 0 Å². The second kappa shape index (κ2) is 71.9. The highest BCUT2D eigenvalue weighted by Gasteiger charge is 2.44. The molecule has 1 saturated heterocycles. The first kappa shape index (κ1) is 88.1. The highest BCUT2D eigenvalue weighted by Crippen LogP contribution is 2.24. The largest absolute Gasteiger partial charge is 0.394 e. The number of ether oxygens (including phenoxy) is 2. The molecule has 0 saturated carbocycles. The lowest BCUT2D eigenvalue weighted by Crippen LogP contribution is -2.60. The molecule has 1 heterocycles. The monoisotopic (exact) mass is 1300 g/mol. The molecule has 0 radical (unpaired) electrons. The van der Waals surface area contributed by atoms with Crippen LogP contribution in [0.1, 0.15) is 373 Å². The lowest BCUT2D eigenvalue weighted by atomic mass is 9.99. The predicted molar refractivity (Wildman–Crippen MR) is 401 cm³/mol. The van der Waals surface area contributed by atoms with E-state index in [0.717, 1.165) is 89.9 Å². The predicted octanol–water partition coefficient (Wildman–Crippen LogP) is 23.0. The van der Waals surface area contributed by atoms with Crippen LogP contribution in [-0.2, 0) is 14.3 Å². The maximum Gasteiger partial charge on any atom is 0.220 e. The summed E-state index contributed by atoms with van der Waals surface area (Å²) in [5.74, 6) is -0.144. The second-order valence-electron chi connectivity index (χ2n) is 27.5. The molecule has 1 aliphatic rings. The third kappa shape index (κ3) is 60.1. The van der Waals surface area contributed by atoms with Gasteiger partial charge in [-0.05, 0) is 77.0 Å². The van der Waals surface area contributed by atoms with E-state index >= 15 is 0 Å². The van der Waals surface area contributed by atoms with E-state index in [2.05, 4.69) is 116 Å². The number of nitrogens with one attached hydrogen (secondary N) is 1. The molecule has 6 N–H and O–H groups in total. The van der Waals surface area contributed by atoms with Gasteiger partial charge in [0.15, 0.2) is 6.29 Å². The fourth-order valence-electron chi connectivity index (χ4n) is 12.5. The Morgan fingerprint density at radius 2 is 0.667 bits per heavy atom. The molecule has 7 atom stereocenters. The molecule has 0 spiro atoms. The highest BCUT2D eigenvalue weighted by molar-refractivity contribution is 5.76. The number of hydrogen-bond acceptors (Lipinski definition) is 8. The van der Waals surface area contributed by atoms with Crippen LogP contribution in [0.2, 0.25) is 0 Å². The summed E-state index contributed by atoms with van der Waals surface area (Å²) in [5.41, 5.74) is 0. The summed E-state index contributed by atoms with van der Waals surface area (Å²) < 4.78 is 11.4. The van der Waals surface area contributed by atoms with Crippen molar-refractivity contribution in [1.29, 1.82) is 0 Å². The van der Waals surface area contributed by atoms with E-state index < -0.39 is 49.5 Å². The zero-order chi connectivity index (χ0) is 67.1. The molecular weight excluding hydrogens is 1150 g/mol. The number of aliphatic hydroxyl groups is 5. The number of unbranched alkanes of at least 4 members (excludes halogenated alkanes) is 44. The van der Waals surface area contributed by atoms with Gasteiger partial charge in [0.25, 0.3) is 0 Å². The number of rotatable bonds is 70. The third-order valence-electron chi connectivity index (χ3n) is 18.7. The molecule has 0 aromatic carbocycles. The van der Waals surface area contributed by atoms with E-state index in [1.54, 1.807) is 0 Å². The van der Waals surface area contributed by atoms with Crippen molar-refractivity contribution < 1.29 is 39.8 Å². The van der Waals surface area contributed by atoms with Crippen LogP contribution in [0.5, 0.6) is 0 Å². The van der Waals surface area contributed by atoms with Crippen molar-refractivity contribution in [1.82, 2.24) is 5.32 Å². The maximum absolute atomic E-state index is 13.2. The van der Waals surface area contributed by atoms with Crippen LogP contribution >= 0.6 is 0 Å². The zero-order valence-electron chi connectivity index (χ0n) is 60.8. The standard InChI is InChI=1S/C84H151NO8/c1-3-5-7-9-11-13-15-17-19-21-23-25-27-29-31-33-35-37-38-39-40-42-44-46-48-50-52-54-56-58-60-62-64-66-68-70-72-74-80(88)85-77(76-92-84-83(91)82(90)81(89)79(75-86)93-84)78(87)73-71-69-67-65-63-61-59-57-55-53-51-49-47-45-43-41-36-34-32-30-28-26-24-22-20-18-16-14-12-10-8-6-4-2/h5,7,11,13,17,19,23,25,29,31,35,37,39-40,44,46,77-79,81-84,86-87,89-91H,3-4,6,8-10,12,14-16,18,20-22,24,26-28,30,32-34,36,38,41-43,45,47-76H2,1-2H3,(H,85,88)/b7-5-,13-11-,19-17-,25-23-,31-29-,37-35-,40-39-,46-44-. The van der Waals surface area contributed by atoms with Gasteiger partial charge in [-0.2, -0.15) is 0 Å². The summed E-state index contributed by atoms with van der Waals surface area (Å²) in [6.45, 7) is 3.77. The van der Waals surface area contributed by atoms with Gasteiger partial charge in [0.05, 0.1) is 25.4 Å². The Morgan fingerprint density at radius 3 is 0.989 bits per heavy atom. The van der Waals surface area contributed by atoms with E-state index in [4.69, 9.17) is 9.47 Å². The van der Waals surface area contributed by atoms with Crippen molar-refractivity contribution in [3.8, 4) is 0 Å². The van der Waals surface area contributed by atoms with Crippen molar-refractivity contribution in [2.45, 2.75) is 416 Å². The number of carbonyl (C=O) groups excluding carboxylic acids is 1. The van der Waals surface area contributed by atoms with Crippen molar-refractivity contribution in [2.24, 2.45) is 0 Å². The van der Waals surface area contributed by atoms with Crippen LogP contribution in [0.3, 0.4) is 0 Å². The topological polar surface area (TPSA) is 149 Å². The fraction of sp³-hybridized carbons (Fsp3) is 0.798. The molecule has 0 aliphatic carbocycles. The molecule has 7 unspecified atom stereocenters. The van der Waals surface area contributed by atoms with Gasteiger partial charge in [-0.25, -0.2) is 0 Å². The zero-order valence-corrected chi connectivity index (χ0v) is 60.8. The molecular formula is C84H151NO8. The van der Waals surface area contributed by atoms with Crippen LogP contribution < -0.4 is 5.32 Å². The molecule has 0 bridgehead atoms. The summed E-state index contributed by atoms with van der Waals surface area (Å²) >= 11 is 0. The number of hydrogen-bond donors (Lipinski definition) is 6. The van der Waals surface area contributed by atoms with Crippen LogP contribution in [0.15, 0.2) is 97.2 Å². The maximum atomic E-state index is 13.2. The minimum atomic E-state index is -1.56. The summed E-state index contributed by atoms with van der Waals surface area (Å²) in [6.07, 6.45) is 97.9. The van der Waals surface area contributed by atoms with Gasteiger partial charge in [0.1, 0.15) is 24.4 Å². The molecule has 1 rings (SSSR count). The van der Waals surface area contributed by atoms with Crippen molar-refractivity contribution in [3.63, 3.8) is 0 Å². The lowest BCUT2D eigenvalue weighted by Gasteiger charge is -2.40. The molecule has 93 heavy (non-hydrogen) atoms. The summed E-state index contributed by atoms with van der Waals surface area (Å²) in [4.78, 5) is 13.2. The van der Waals surface area contributed by atoms with E-state index in [1.807, 2.05) is 0 Å². The smallest absolute Gasteiger partial charge is 0.220 e. The molecule has 0 aromatic heterocycles. The number of aliphatic hydroxyl groups excluding tert-OH is 5. The van der Waals surface area contributed by atoms with Crippen LogP contribution in [-0.4, -0.2) is 87.5 Å². The number of allylic oxidation sites excluding steroid dienone is 16. The highest BCUT2D eigenvalue weighted by atomic mass is 16.7.